The van der Waals surface area contributed by atoms with Crippen LogP contribution < -0.4 is 5.32 Å². The zero-order valence-electron chi connectivity index (χ0n) is 14.2. The van der Waals surface area contributed by atoms with Crippen LogP contribution in [0.4, 0.5) is 0 Å². The number of piperidine rings is 1. The summed E-state index contributed by atoms with van der Waals surface area (Å²) in [5, 5.41) is 2.57. The molecule has 2 saturated heterocycles. The minimum atomic E-state index is -3.07. The van der Waals surface area contributed by atoms with Crippen LogP contribution in [-0.4, -0.2) is 55.8 Å². The molecule has 1 unspecified atom stereocenters. The molecular formula is C18H24N2O4S. The molecule has 136 valence electrons. The molecule has 0 bridgehead atoms. The van der Waals surface area contributed by atoms with Crippen molar-refractivity contribution in [2.45, 2.75) is 31.7 Å². The molecule has 2 aliphatic rings. The van der Waals surface area contributed by atoms with Gasteiger partial charge in [0.2, 0.25) is 0 Å². The van der Waals surface area contributed by atoms with Gasteiger partial charge in [-0.25, -0.2) is 8.42 Å². The number of nitrogens with zero attached hydrogens (tertiary/aromatic N) is 1. The zero-order chi connectivity index (χ0) is 17.9. The van der Waals surface area contributed by atoms with Gasteiger partial charge in [0.1, 0.15) is 0 Å². The number of carbonyl (C=O) groups is 2. The van der Waals surface area contributed by atoms with Crippen LogP contribution in [0.2, 0.25) is 0 Å². The molecular weight excluding hydrogens is 340 g/mol. The van der Waals surface area contributed by atoms with Gasteiger partial charge in [-0.3, -0.25) is 9.59 Å². The Hall–Kier alpha value is -1.89. The summed E-state index contributed by atoms with van der Waals surface area (Å²) in [5.74, 6) is -0.678. The summed E-state index contributed by atoms with van der Waals surface area (Å²) in [4.78, 5) is 25.9. The molecule has 0 spiro atoms. The van der Waals surface area contributed by atoms with Crippen molar-refractivity contribution in [1.82, 2.24) is 10.2 Å². The molecule has 6 nitrogen and oxygen atoms in total. The molecule has 0 aromatic heterocycles. The molecule has 0 saturated carbocycles. The number of hydrogen-bond acceptors (Lipinski definition) is 4. The first-order chi connectivity index (χ1) is 11.9. The summed E-state index contributed by atoms with van der Waals surface area (Å²) < 4.78 is 22.9. The van der Waals surface area contributed by atoms with Gasteiger partial charge in [0.25, 0.3) is 0 Å². The fourth-order valence-corrected chi connectivity index (χ4v) is 5.26. The highest BCUT2D eigenvalue weighted by Gasteiger charge is 2.32. The van der Waals surface area contributed by atoms with E-state index < -0.39 is 27.7 Å². The number of amides is 2. The Bertz CT molecular complexity index is 725. The zero-order valence-corrected chi connectivity index (χ0v) is 15.0. The van der Waals surface area contributed by atoms with Gasteiger partial charge in [-0.1, -0.05) is 30.3 Å². The standard InChI is InChI=1S/C18H24N2O4S/c21-17(19-16-8-11-25(23,24)13-16)18(22)20-9-6-15(7-10-20)12-14-4-2-1-3-5-14/h1-5,15-16H,6-13H2,(H,19,21). The van der Waals surface area contributed by atoms with E-state index in [0.29, 0.717) is 25.4 Å². The molecule has 2 aliphatic heterocycles. The molecule has 1 aromatic rings. The largest absolute Gasteiger partial charge is 0.344 e. The van der Waals surface area contributed by atoms with Crippen LogP contribution in [0.1, 0.15) is 24.8 Å². The third-order valence-electron chi connectivity index (χ3n) is 5.03. The molecule has 1 aromatic carbocycles. The third kappa shape index (κ3) is 4.81. The summed E-state index contributed by atoms with van der Waals surface area (Å²) >= 11 is 0. The van der Waals surface area contributed by atoms with Gasteiger partial charge < -0.3 is 10.2 Å². The van der Waals surface area contributed by atoms with Crippen LogP contribution in [0, 0.1) is 5.92 Å². The highest BCUT2D eigenvalue weighted by Crippen LogP contribution is 2.22. The Morgan fingerprint density at radius 2 is 1.76 bits per heavy atom. The summed E-state index contributed by atoms with van der Waals surface area (Å²) in [6.45, 7) is 1.15. The predicted molar refractivity (Wildman–Crippen MR) is 94.7 cm³/mol. The van der Waals surface area contributed by atoms with Crippen LogP contribution in [0.3, 0.4) is 0 Å². The smallest absolute Gasteiger partial charge is 0.311 e. The Morgan fingerprint density at radius 3 is 2.36 bits per heavy atom. The fraction of sp³-hybridized carbons (Fsp3) is 0.556. The normalized spacial score (nSPS) is 23.4. The van der Waals surface area contributed by atoms with Crippen LogP contribution >= 0.6 is 0 Å². The third-order valence-corrected chi connectivity index (χ3v) is 6.80. The van der Waals surface area contributed by atoms with Crippen molar-refractivity contribution in [2.75, 3.05) is 24.6 Å². The lowest BCUT2D eigenvalue weighted by Gasteiger charge is -2.31. The molecule has 2 fully saturated rings. The monoisotopic (exact) mass is 364 g/mol. The lowest BCUT2D eigenvalue weighted by molar-refractivity contribution is -0.147. The maximum Gasteiger partial charge on any atom is 0.311 e. The SMILES string of the molecule is O=C(NC1CCS(=O)(=O)C1)C(=O)N1CCC(Cc2ccccc2)CC1. The van der Waals surface area contributed by atoms with E-state index in [1.165, 1.54) is 5.56 Å². The predicted octanol–water partition coefficient (Wildman–Crippen LogP) is 0.771. The average Bonchev–Trinajstić information content (AvgIpc) is 2.94. The second kappa shape index (κ2) is 7.56. The first-order valence-corrected chi connectivity index (χ1v) is 10.6. The number of carbonyl (C=O) groups excluding carboxylic acids is 2. The minimum Gasteiger partial charge on any atom is -0.344 e. The Labute approximate surface area is 148 Å². The second-order valence-electron chi connectivity index (χ2n) is 7.00. The highest BCUT2D eigenvalue weighted by molar-refractivity contribution is 7.91. The number of rotatable bonds is 3. The van der Waals surface area contributed by atoms with Crippen LogP contribution in [0.5, 0.6) is 0 Å². The fourth-order valence-electron chi connectivity index (χ4n) is 3.59. The van der Waals surface area contributed by atoms with E-state index in [1.807, 2.05) is 18.2 Å². The van der Waals surface area contributed by atoms with Gasteiger partial charge in [-0.15, -0.1) is 0 Å². The average molecular weight is 364 g/mol. The Balaban J connectivity index is 1.45. The van der Waals surface area contributed by atoms with Gasteiger partial charge >= 0.3 is 11.8 Å². The number of likely N-dealkylation sites (tertiary alicyclic amines) is 1. The Morgan fingerprint density at radius 1 is 1.08 bits per heavy atom. The lowest BCUT2D eigenvalue weighted by atomic mass is 9.90. The minimum absolute atomic E-state index is 0.0643. The van der Waals surface area contributed by atoms with Gasteiger partial charge in [-0.05, 0) is 37.2 Å². The molecule has 1 atom stereocenters. The van der Waals surface area contributed by atoms with Crippen molar-refractivity contribution >= 4 is 21.7 Å². The maximum atomic E-state index is 12.3. The van der Waals surface area contributed by atoms with Crippen molar-refractivity contribution in [3.63, 3.8) is 0 Å². The van der Waals surface area contributed by atoms with Crippen molar-refractivity contribution in [3.05, 3.63) is 35.9 Å². The topological polar surface area (TPSA) is 83.5 Å². The van der Waals surface area contributed by atoms with Crippen LogP contribution in [-0.2, 0) is 25.8 Å². The second-order valence-corrected chi connectivity index (χ2v) is 9.23. The quantitative estimate of drug-likeness (QED) is 0.803. The first-order valence-electron chi connectivity index (χ1n) is 8.77. The highest BCUT2D eigenvalue weighted by atomic mass is 32.2. The van der Waals surface area contributed by atoms with Gasteiger partial charge in [0, 0.05) is 19.1 Å². The van der Waals surface area contributed by atoms with E-state index in [1.54, 1.807) is 4.90 Å². The molecule has 0 radical (unpaired) electrons. The molecule has 1 N–H and O–H groups in total. The molecule has 2 amide bonds. The number of hydrogen-bond donors (Lipinski definition) is 1. The van der Waals surface area contributed by atoms with Crippen molar-refractivity contribution in [2.24, 2.45) is 5.92 Å². The van der Waals surface area contributed by atoms with E-state index >= 15 is 0 Å². The van der Waals surface area contributed by atoms with Gasteiger partial charge in [-0.2, -0.15) is 0 Å². The lowest BCUT2D eigenvalue weighted by Crippen LogP contribution is -2.49. The summed E-state index contributed by atoms with van der Waals surface area (Å²) in [6, 6.07) is 9.85. The molecule has 25 heavy (non-hydrogen) atoms. The van der Waals surface area contributed by atoms with Crippen LogP contribution in [0.25, 0.3) is 0 Å². The Kier molecular flexibility index (Phi) is 5.42. The van der Waals surface area contributed by atoms with Crippen LogP contribution in [0.15, 0.2) is 30.3 Å². The number of benzene rings is 1. The molecule has 0 aliphatic carbocycles. The molecule has 7 heteroatoms. The number of nitrogens with one attached hydrogen (secondary N) is 1. The van der Waals surface area contributed by atoms with E-state index in [-0.39, 0.29) is 11.5 Å². The molecule has 3 rings (SSSR count). The van der Waals surface area contributed by atoms with Crippen molar-refractivity contribution in [3.8, 4) is 0 Å². The van der Waals surface area contributed by atoms with E-state index in [2.05, 4.69) is 17.4 Å². The maximum absolute atomic E-state index is 12.3. The summed E-state index contributed by atoms with van der Waals surface area (Å²) in [6.07, 6.45) is 3.15. The van der Waals surface area contributed by atoms with E-state index in [0.717, 1.165) is 19.3 Å². The summed E-state index contributed by atoms with van der Waals surface area (Å²) in [5.41, 5.74) is 1.30. The first kappa shape index (κ1) is 17.9. The van der Waals surface area contributed by atoms with E-state index in [4.69, 9.17) is 0 Å². The van der Waals surface area contributed by atoms with E-state index in [9.17, 15) is 18.0 Å². The van der Waals surface area contributed by atoms with Gasteiger partial charge in [0.15, 0.2) is 9.84 Å². The van der Waals surface area contributed by atoms with Crippen molar-refractivity contribution < 1.29 is 18.0 Å². The van der Waals surface area contributed by atoms with Gasteiger partial charge in [0.05, 0.1) is 11.5 Å². The van der Waals surface area contributed by atoms with Crippen molar-refractivity contribution in [1.29, 1.82) is 0 Å². The molecule has 2 heterocycles. The number of sulfone groups is 1. The summed E-state index contributed by atoms with van der Waals surface area (Å²) in [7, 11) is -3.07.